The quantitative estimate of drug-likeness (QED) is 0.308. The molecule has 0 radical (unpaired) electrons. The second-order valence-corrected chi connectivity index (χ2v) is 8.63. The Hall–Kier alpha value is -2.88. The van der Waals surface area contributed by atoms with Crippen molar-refractivity contribution in [3.63, 3.8) is 0 Å². The molecule has 0 aliphatic rings. The number of thiophene rings is 1. The van der Waals surface area contributed by atoms with E-state index in [1.807, 2.05) is 16.7 Å². The van der Waals surface area contributed by atoms with Crippen LogP contribution in [0, 0.1) is 0 Å². The Bertz CT molecular complexity index is 1240. The molecule has 0 aliphatic heterocycles. The van der Waals surface area contributed by atoms with Crippen molar-refractivity contribution >= 4 is 62.2 Å². The number of allylic oxidation sites excluding steroid dienone is 1. The van der Waals surface area contributed by atoms with Gasteiger partial charge in [0.1, 0.15) is 4.83 Å². The number of rotatable bonds is 7. The molecule has 0 saturated heterocycles. The number of nitrogens with two attached hydrogens (primary N) is 1. The molecule has 0 atom stereocenters. The van der Waals surface area contributed by atoms with Crippen LogP contribution in [0.25, 0.3) is 20.9 Å². The minimum Gasteiger partial charge on any atom is -0.397 e. The fraction of sp³-hybridized carbons (Fsp3) is 0.100. The number of anilines is 2. The minimum absolute atomic E-state index is 0.164. The van der Waals surface area contributed by atoms with Gasteiger partial charge in [-0.25, -0.2) is 4.98 Å². The number of carbonyl (C=O) groups excluding carboxylic acids is 1. The lowest BCUT2D eigenvalue weighted by Gasteiger charge is -2.08. The molecule has 0 spiro atoms. The van der Waals surface area contributed by atoms with E-state index in [-0.39, 0.29) is 11.7 Å². The van der Waals surface area contributed by atoms with Gasteiger partial charge in [-0.3, -0.25) is 9.36 Å². The summed E-state index contributed by atoms with van der Waals surface area (Å²) in [6.07, 6.45) is 3.49. The fourth-order valence-corrected chi connectivity index (χ4v) is 4.86. The van der Waals surface area contributed by atoms with E-state index in [0.717, 1.165) is 15.1 Å². The van der Waals surface area contributed by atoms with Crippen molar-refractivity contribution in [2.75, 3.05) is 16.8 Å². The van der Waals surface area contributed by atoms with Crippen LogP contribution < -0.4 is 11.1 Å². The molecule has 10 heteroatoms. The van der Waals surface area contributed by atoms with E-state index in [0.29, 0.717) is 33.9 Å². The van der Waals surface area contributed by atoms with Gasteiger partial charge >= 0.3 is 0 Å². The zero-order chi connectivity index (χ0) is 21.1. The number of hydrogen-bond acceptors (Lipinski definition) is 7. The zero-order valence-corrected chi connectivity index (χ0v) is 18.1. The first-order chi connectivity index (χ1) is 14.6. The van der Waals surface area contributed by atoms with Gasteiger partial charge in [-0.15, -0.1) is 28.1 Å². The first-order valence-electron chi connectivity index (χ1n) is 8.92. The number of amides is 1. The Balaban J connectivity index is 1.56. The zero-order valence-electron chi connectivity index (χ0n) is 15.7. The second kappa shape index (κ2) is 8.86. The fourth-order valence-electron chi connectivity index (χ4n) is 2.87. The van der Waals surface area contributed by atoms with Crippen molar-refractivity contribution in [3.8, 4) is 10.7 Å². The lowest BCUT2D eigenvalue weighted by atomic mass is 10.2. The summed E-state index contributed by atoms with van der Waals surface area (Å²) in [5.41, 5.74) is 7.61. The number of thioether (sulfide) groups is 1. The van der Waals surface area contributed by atoms with Crippen molar-refractivity contribution in [3.05, 3.63) is 60.3 Å². The summed E-state index contributed by atoms with van der Waals surface area (Å²) in [6, 6.07) is 10.8. The van der Waals surface area contributed by atoms with E-state index in [4.69, 9.17) is 17.3 Å². The molecule has 1 aromatic carbocycles. The number of pyridine rings is 1. The van der Waals surface area contributed by atoms with E-state index in [9.17, 15) is 4.79 Å². The van der Waals surface area contributed by atoms with Crippen LogP contribution in [0.5, 0.6) is 0 Å². The molecule has 1 amide bonds. The van der Waals surface area contributed by atoms with Crippen molar-refractivity contribution in [1.29, 1.82) is 0 Å². The first kappa shape index (κ1) is 20.4. The maximum Gasteiger partial charge on any atom is 0.234 e. The predicted molar refractivity (Wildman–Crippen MR) is 124 cm³/mol. The molecule has 0 fully saturated rings. The molecule has 3 aromatic heterocycles. The Morgan fingerprint density at radius 2 is 2.20 bits per heavy atom. The average molecular weight is 457 g/mol. The summed E-state index contributed by atoms with van der Waals surface area (Å²) in [4.78, 5) is 18.3. The highest BCUT2D eigenvalue weighted by Gasteiger charge is 2.20. The lowest BCUT2D eigenvalue weighted by Crippen LogP contribution is -2.14. The Morgan fingerprint density at radius 3 is 2.97 bits per heavy atom. The molecular weight excluding hydrogens is 440 g/mol. The SMILES string of the molecule is C=CCn1c(SCC(=O)Nc2cccc(Cl)c2)nnc1-c1sc2ncccc2c1N. The van der Waals surface area contributed by atoms with Crippen molar-refractivity contribution in [2.24, 2.45) is 0 Å². The van der Waals surface area contributed by atoms with Crippen molar-refractivity contribution in [1.82, 2.24) is 19.7 Å². The highest BCUT2D eigenvalue weighted by atomic mass is 35.5. The van der Waals surface area contributed by atoms with Crippen LogP contribution >= 0.6 is 34.7 Å². The van der Waals surface area contributed by atoms with E-state index < -0.39 is 0 Å². The standard InChI is InChI=1S/C20H17ClN6OS2/c1-2-9-27-18(17-16(22)14-7-4-8-23-19(14)30-17)25-26-20(27)29-11-15(28)24-13-6-3-5-12(21)10-13/h2-8,10H,1,9,11,22H2,(H,24,28). The number of nitrogens with zero attached hydrogens (tertiary/aromatic N) is 4. The number of fused-ring (bicyclic) bond motifs is 1. The number of carbonyl (C=O) groups is 1. The number of nitrogens with one attached hydrogen (secondary N) is 1. The summed E-state index contributed by atoms with van der Waals surface area (Å²) in [7, 11) is 0. The Labute approximate surface area is 186 Å². The van der Waals surface area contributed by atoms with Crippen LogP contribution in [0.1, 0.15) is 0 Å². The largest absolute Gasteiger partial charge is 0.397 e. The molecule has 4 rings (SSSR count). The summed E-state index contributed by atoms with van der Waals surface area (Å²) >= 11 is 8.71. The summed E-state index contributed by atoms with van der Waals surface area (Å²) in [6.45, 7) is 4.31. The van der Waals surface area contributed by atoms with E-state index in [1.165, 1.54) is 23.1 Å². The third-order valence-corrected chi connectivity index (χ3v) is 6.50. The average Bonchev–Trinajstić information content (AvgIpc) is 3.28. The van der Waals surface area contributed by atoms with Crippen LogP contribution in [-0.4, -0.2) is 31.4 Å². The highest BCUT2D eigenvalue weighted by Crippen LogP contribution is 2.39. The van der Waals surface area contributed by atoms with Gasteiger partial charge in [0, 0.05) is 28.8 Å². The lowest BCUT2D eigenvalue weighted by molar-refractivity contribution is -0.113. The minimum atomic E-state index is -0.164. The smallest absolute Gasteiger partial charge is 0.234 e. The van der Waals surface area contributed by atoms with Gasteiger partial charge < -0.3 is 11.1 Å². The van der Waals surface area contributed by atoms with Crippen molar-refractivity contribution < 1.29 is 4.79 Å². The van der Waals surface area contributed by atoms with E-state index in [2.05, 4.69) is 27.1 Å². The van der Waals surface area contributed by atoms with Crippen LogP contribution in [0.15, 0.2) is 60.4 Å². The second-order valence-electron chi connectivity index (χ2n) is 6.25. The van der Waals surface area contributed by atoms with Crippen LogP contribution in [0.2, 0.25) is 5.02 Å². The Kier molecular flexibility index (Phi) is 6.03. The predicted octanol–water partition coefficient (Wildman–Crippen LogP) is 4.71. The molecule has 30 heavy (non-hydrogen) atoms. The number of hydrogen-bond donors (Lipinski definition) is 2. The van der Waals surface area contributed by atoms with Gasteiger partial charge in [-0.1, -0.05) is 35.5 Å². The number of benzene rings is 1. The summed E-state index contributed by atoms with van der Waals surface area (Å²) in [5.74, 6) is 0.640. The van der Waals surface area contributed by atoms with Gasteiger partial charge in [0.25, 0.3) is 0 Å². The van der Waals surface area contributed by atoms with Crippen LogP contribution in [0.4, 0.5) is 11.4 Å². The van der Waals surface area contributed by atoms with Crippen molar-refractivity contribution in [2.45, 2.75) is 11.7 Å². The van der Waals surface area contributed by atoms with Gasteiger partial charge in [0.05, 0.1) is 16.3 Å². The molecule has 3 N–H and O–H groups in total. The third-order valence-electron chi connectivity index (χ3n) is 4.18. The summed E-state index contributed by atoms with van der Waals surface area (Å²) < 4.78 is 1.89. The molecule has 0 bridgehead atoms. The third kappa shape index (κ3) is 4.18. The highest BCUT2D eigenvalue weighted by molar-refractivity contribution is 7.99. The Morgan fingerprint density at radius 1 is 1.33 bits per heavy atom. The number of halogens is 1. The number of aromatic nitrogens is 4. The first-order valence-corrected chi connectivity index (χ1v) is 11.1. The maximum absolute atomic E-state index is 12.3. The van der Waals surface area contributed by atoms with Gasteiger partial charge in [0.2, 0.25) is 5.91 Å². The molecule has 0 saturated carbocycles. The maximum atomic E-state index is 12.3. The molecule has 7 nitrogen and oxygen atoms in total. The normalized spacial score (nSPS) is 11.0. The molecule has 0 unspecified atom stereocenters. The number of nitrogen functional groups attached to an aromatic ring is 1. The molecular formula is C20H17ClN6OS2. The van der Waals surface area contributed by atoms with Gasteiger partial charge in [0.15, 0.2) is 11.0 Å². The van der Waals surface area contributed by atoms with Crippen LogP contribution in [-0.2, 0) is 11.3 Å². The van der Waals surface area contributed by atoms with Gasteiger partial charge in [-0.2, -0.15) is 0 Å². The van der Waals surface area contributed by atoms with Gasteiger partial charge in [-0.05, 0) is 30.3 Å². The monoisotopic (exact) mass is 456 g/mol. The van der Waals surface area contributed by atoms with E-state index in [1.54, 1.807) is 36.5 Å². The van der Waals surface area contributed by atoms with Crippen LogP contribution in [0.3, 0.4) is 0 Å². The molecule has 0 aliphatic carbocycles. The topological polar surface area (TPSA) is 98.7 Å². The molecule has 152 valence electrons. The molecule has 3 heterocycles. The van der Waals surface area contributed by atoms with E-state index >= 15 is 0 Å². The molecule has 4 aromatic rings. The summed E-state index contributed by atoms with van der Waals surface area (Å²) in [5, 5.41) is 13.5.